The van der Waals surface area contributed by atoms with E-state index in [2.05, 4.69) is 76.4 Å². The Morgan fingerprint density at radius 2 is 2.12 bits per heavy atom. The van der Waals surface area contributed by atoms with E-state index >= 15 is 0 Å². The van der Waals surface area contributed by atoms with Gasteiger partial charge >= 0.3 is 0 Å². The smallest absolute Gasteiger partial charge is 0.207 e. The summed E-state index contributed by atoms with van der Waals surface area (Å²) in [5.74, 6) is 0.894. The van der Waals surface area contributed by atoms with Crippen LogP contribution >= 0.6 is 22.6 Å². The molecule has 0 fully saturated rings. The highest BCUT2D eigenvalue weighted by atomic mass is 127. The Bertz CT molecular complexity index is 517. The molecule has 0 saturated heterocycles. The number of hydrogen-bond acceptors (Lipinski definition) is 2. The number of aromatic nitrogens is 2. The molecule has 0 aliphatic heterocycles. The average molecular weight is 341 g/mol. The van der Waals surface area contributed by atoms with E-state index < -0.39 is 0 Å². The average Bonchev–Trinajstić information content (AvgIpc) is 2.71. The number of anilines is 2. The highest BCUT2D eigenvalue weighted by Crippen LogP contribution is 2.23. The molecule has 0 spiro atoms. The first kappa shape index (κ1) is 12.4. The summed E-state index contributed by atoms with van der Waals surface area (Å²) in [6.07, 6.45) is 3.82. The van der Waals surface area contributed by atoms with Gasteiger partial charge in [-0.05, 0) is 61.1 Å². The van der Waals surface area contributed by atoms with Crippen molar-refractivity contribution in [3.8, 4) is 0 Å². The molecular formula is C13H16IN3. The Morgan fingerprint density at radius 3 is 2.82 bits per heavy atom. The van der Waals surface area contributed by atoms with Gasteiger partial charge in [0.1, 0.15) is 0 Å². The lowest BCUT2D eigenvalue weighted by atomic mass is 10.2. The predicted molar refractivity (Wildman–Crippen MR) is 79.8 cm³/mol. The molecule has 0 amide bonds. The van der Waals surface area contributed by atoms with E-state index in [0.717, 1.165) is 11.6 Å². The van der Waals surface area contributed by atoms with E-state index in [4.69, 9.17) is 0 Å². The van der Waals surface area contributed by atoms with Crippen molar-refractivity contribution in [2.24, 2.45) is 0 Å². The lowest BCUT2D eigenvalue weighted by Gasteiger charge is -2.14. The van der Waals surface area contributed by atoms with Gasteiger partial charge in [-0.3, -0.25) is 0 Å². The van der Waals surface area contributed by atoms with Gasteiger partial charge in [0, 0.05) is 27.7 Å². The molecule has 1 aromatic heterocycles. The Hall–Kier alpha value is -1.04. The quantitative estimate of drug-likeness (QED) is 0.851. The zero-order valence-corrected chi connectivity index (χ0v) is 12.4. The van der Waals surface area contributed by atoms with Crippen molar-refractivity contribution >= 4 is 34.2 Å². The van der Waals surface area contributed by atoms with Gasteiger partial charge in [-0.25, -0.2) is 4.98 Å². The number of halogens is 1. The molecule has 90 valence electrons. The molecule has 0 saturated carbocycles. The van der Waals surface area contributed by atoms with Gasteiger partial charge in [0.05, 0.1) is 0 Å². The number of hydrogen-bond donors (Lipinski definition) is 1. The first-order valence-corrected chi connectivity index (χ1v) is 6.72. The maximum absolute atomic E-state index is 4.35. The Labute approximate surface area is 115 Å². The van der Waals surface area contributed by atoms with Crippen LogP contribution < -0.4 is 5.32 Å². The molecule has 0 unspecified atom stereocenters. The van der Waals surface area contributed by atoms with Crippen molar-refractivity contribution < 1.29 is 0 Å². The molecule has 17 heavy (non-hydrogen) atoms. The van der Waals surface area contributed by atoms with Crippen molar-refractivity contribution in [3.05, 3.63) is 39.7 Å². The van der Waals surface area contributed by atoms with Crippen LogP contribution in [0, 0.1) is 10.5 Å². The van der Waals surface area contributed by atoms with Gasteiger partial charge in [0.25, 0.3) is 0 Å². The molecular weight excluding hydrogens is 325 g/mol. The summed E-state index contributed by atoms with van der Waals surface area (Å²) in [5, 5.41) is 3.39. The summed E-state index contributed by atoms with van der Waals surface area (Å²) in [7, 11) is 0. The van der Waals surface area contributed by atoms with Crippen LogP contribution in [0.4, 0.5) is 11.6 Å². The fourth-order valence-electron chi connectivity index (χ4n) is 1.68. The third kappa shape index (κ3) is 2.80. The van der Waals surface area contributed by atoms with Gasteiger partial charge in [-0.1, -0.05) is 6.07 Å². The summed E-state index contributed by atoms with van der Waals surface area (Å²) >= 11 is 2.32. The van der Waals surface area contributed by atoms with Crippen LogP contribution in [-0.4, -0.2) is 9.55 Å². The first-order chi connectivity index (χ1) is 8.08. The topological polar surface area (TPSA) is 29.9 Å². The maximum Gasteiger partial charge on any atom is 0.207 e. The zero-order chi connectivity index (χ0) is 12.4. The Balaban J connectivity index is 2.31. The molecule has 1 aromatic carbocycles. The van der Waals surface area contributed by atoms with E-state index in [1.807, 2.05) is 12.4 Å². The van der Waals surface area contributed by atoms with Gasteiger partial charge in [0.15, 0.2) is 0 Å². The van der Waals surface area contributed by atoms with Crippen LogP contribution in [0.15, 0.2) is 30.6 Å². The van der Waals surface area contributed by atoms with E-state index in [9.17, 15) is 0 Å². The normalized spacial score (nSPS) is 10.9. The molecule has 1 heterocycles. The predicted octanol–water partition coefficient (Wildman–Crippen LogP) is 4.12. The minimum atomic E-state index is 0.406. The third-order valence-electron chi connectivity index (χ3n) is 2.67. The summed E-state index contributed by atoms with van der Waals surface area (Å²) in [4.78, 5) is 4.35. The second-order valence-corrected chi connectivity index (χ2v) is 5.58. The van der Waals surface area contributed by atoms with Crippen LogP contribution in [-0.2, 0) is 0 Å². The zero-order valence-electron chi connectivity index (χ0n) is 10.2. The summed E-state index contributed by atoms with van der Waals surface area (Å²) in [6, 6.07) is 6.76. The Kier molecular flexibility index (Phi) is 3.71. The fraction of sp³-hybridized carbons (Fsp3) is 0.308. The van der Waals surface area contributed by atoms with E-state index in [0.29, 0.717) is 6.04 Å². The Morgan fingerprint density at radius 1 is 1.35 bits per heavy atom. The molecule has 0 bridgehead atoms. The molecule has 2 rings (SSSR count). The summed E-state index contributed by atoms with van der Waals surface area (Å²) in [6.45, 7) is 6.39. The largest absolute Gasteiger partial charge is 0.325 e. The number of rotatable bonds is 3. The van der Waals surface area contributed by atoms with Crippen LogP contribution in [0.1, 0.15) is 25.5 Å². The van der Waals surface area contributed by atoms with E-state index in [-0.39, 0.29) is 0 Å². The molecule has 4 heteroatoms. The van der Waals surface area contributed by atoms with Gasteiger partial charge in [-0.15, -0.1) is 0 Å². The second-order valence-electron chi connectivity index (χ2n) is 4.34. The molecule has 3 nitrogen and oxygen atoms in total. The number of benzene rings is 1. The van der Waals surface area contributed by atoms with Crippen LogP contribution in [0.25, 0.3) is 0 Å². The molecule has 1 N–H and O–H groups in total. The first-order valence-electron chi connectivity index (χ1n) is 5.64. The molecule has 0 aliphatic rings. The van der Waals surface area contributed by atoms with Crippen molar-refractivity contribution in [2.75, 3.05) is 5.32 Å². The fourth-order valence-corrected chi connectivity index (χ4v) is 2.17. The van der Waals surface area contributed by atoms with E-state index in [1.54, 1.807) is 0 Å². The lowest BCUT2D eigenvalue weighted by molar-refractivity contribution is 0.608. The monoisotopic (exact) mass is 341 g/mol. The number of nitrogens with zero attached hydrogens (tertiary/aromatic N) is 2. The SMILES string of the molecule is Cc1ccc(I)cc1Nc1nccn1C(C)C. The van der Waals surface area contributed by atoms with Crippen molar-refractivity contribution in [2.45, 2.75) is 26.8 Å². The highest BCUT2D eigenvalue weighted by Gasteiger charge is 2.07. The lowest BCUT2D eigenvalue weighted by Crippen LogP contribution is -2.06. The van der Waals surface area contributed by atoms with E-state index in [1.165, 1.54) is 9.13 Å². The number of aryl methyl sites for hydroxylation is 1. The van der Waals surface area contributed by atoms with Crippen molar-refractivity contribution in [1.29, 1.82) is 0 Å². The summed E-state index contributed by atoms with van der Waals surface area (Å²) < 4.78 is 3.35. The molecule has 0 atom stereocenters. The second kappa shape index (κ2) is 5.08. The number of imidazole rings is 1. The molecule has 2 aromatic rings. The van der Waals surface area contributed by atoms with Crippen LogP contribution in [0.3, 0.4) is 0 Å². The molecule has 0 radical (unpaired) electrons. The third-order valence-corrected chi connectivity index (χ3v) is 3.34. The minimum absolute atomic E-state index is 0.406. The minimum Gasteiger partial charge on any atom is -0.325 e. The number of nitrogens with one attached hydrogen (secondary N) is 1. The van der Waals surface area contributed by atoms with Crippen LogP contribution in [0.2, 0.25) is 0 Å². The van der Waals surface area contributed by atoms with Gasteiger partial charge in [0.2, 0.25) is 5.95 Å². The molecule has 0 aliphatic carbocycles. The van der Waals surface area contributed by atoms with Crippen LogP contribution in [0.5, 0.6) is 0 Å². The summed E-state index contributed by atoms with van der Waals surface area (Å²) in [5.41, 5.74) is 2.34. The highest BCUT2D eigenvalue weighted by molar-refractivity contribution is 14.1. The van der Waals surface area contributed by atoms with Gasteiger partial charge in [-0.2, -0.15) is 0 Å². The van der Waals surface area contributed by atoms with Crippen molar-refractivity contribution in [3.63, 3.8) is 0 Å². The maximum atomic E-state index is 4.35. The van der Waals surface area contributed by atoms with Crippen molar-refractivity contribution in [1.82, 2.24) is 9.55 Å². The van der Waals surface area contributed by atoms with Gasteiger partial charge < -0.3 is 9.88 Å². The standard InChI is InChI=1S/C13H16IN3/c1-9(2)17-7-6-15-13(17)16-12-8-11(14)5-4-10(12)3/h4-9H,1-3H3,(H,15,16).